The topological polar surface area (TPSA) is 128 Å². The van der Waals surface area contributed by atoms with E-state index in [9.17, 15) is 22.8 Å². The predicted octanol–water partition coefficient (Wildman–Crippen LogP) is 2.30. The Morgan fingerprint density at radius 3 is 2.66 bits per heavy atom. The fraction of sp³-hybridized carbons (Fsp3) is 0.370. The van der Waals surface area contributed by atoms with Gasteiger partial charge in [-0.3, -0.25) is 9.59 Å². The number of morpholine rings is 1. The second-order valence-electron chi connectivity index (χ2n) is 9.51. The zero-order valence-electron chi connectivity index (χ0n) is 21.8. The highest BCUT2D eigenvalue weighted by Gasteiger charge is 2.40. The Morgan fingerprint density at radius 1 is 1.15 bits per heavy atom. The summed E-state index contributed by atoms with van der Waals surface area (Å²) >= 11 is 0. The van der Waals surface area contributed by atoms with Crippen molar-refractivity contribution in [3.05, 3.63) is 75.8 Å². The first-order valence-corrected chi connectivity index (χ1v) is 12.9. The number of pyridine rings is 1. The molecule has 0 bridgehead atoms. The van der Waals surface area contributed by atoms with Crippen LogP contribution in [0.2, 0.25) is 0 Å². The van der Waals surface area contributed by atoms with Gasteiger partial charge in [0.25, 0.3) is 11.5 Å². The molecule has 14 heteroatoms. The van der Waals surface area contributed by atoms with Gasteiger partial charge in [-0.05, 0) is 30.3 Å². The number of rotatable bonds is 6. The number of benzene rings is 1. The van der Waals surface area contributed by atoms with Crippen LogP contribution in [0.5, 0.6) is 5.75 Å². The van der Waals surface area contributed by atoms with Gasteiger partial charge in [-0.15, -0.1) is 0 Å². The van der Waals surface area contributed by atoms with Crippen molar-refractivity contribution in [2.75, 3.05) is 62.3 Å². The average molecular weight is 570 g/mol. The number of aromatic nitrogens is 3. The third kappa shape index (κ3) is 6.25. The zero-order chi connectivity index (χ0) is 29.0. The van der Waals surface area contributed by atoms with Crippen LogP contribution in [0.4, 0.5) is 24.7 Å². The Bertz CT molecular complexity index is 1480. The summed E-state index contributed by atoms with van der Waals surface area (Å²) < 4.78 is 52.4. The molecule has 2 saturated heterocycles. The number of halogens is 3. The molecular formula is C27H26F3N7O4. The van der Waals surface area contributed by atoms with Crippen molar-refractivity contribution >= 4 is 17.4 Å². The lowest BCUT2D eigenvalue weighted by molar-refractivity contribution is -0.138. The number of aromatic amines is 1. The minimum atomic E-state index is -4.87. The van der Waals surface area contributed by atoms with Crippen molar-refractivity contribution in [1.29, 1.82) is 5.26 Å². The summed E-state index contributed by atoms with van der Waals surface area (Å²) in [5, 5.41) is 14.4. The maximum Gasteiger partial charge on any atom is 0.423 e. The number of carbonyl (C=O) groups excluding carboxylic acids is 1. The molecular weight excluding hydrogens is 543 g/mol. The molecule has 1 atom stereocenters. The number of ether oxygens (including phenoxy) is 2. The van der Waals surface area contributed by atoms with Crippen LogP contribution >= 0.6 is 0 Å². The van der Waals surface area contributed by atoms with Crippen molar-refractivity contribution < 1.29 is 27.4 Å². The molecule has 2 fully saturated rings. The van der Waals surface area contributed by atoms with Gasteiger partial charge in [-0.25, -0.2) is 10.1 Å². The summed E-state index contributed by atoms with van der Waals surface area (Å²) in [4.78, 5) is 34.7. The van der Waals surface area contributed by atoms with Crippen LogP contribution in [-0.4, -0.2) is 84.6 Å². The van der Waals surface area contributed by atoms with E-state index in [0.29, 0.717) is 43.1 Å². The molecule has 1 unspecified atom stereocenters. The van der Waals surface area contributed by atoms with Gasteiger partial charge in [0.05, 0.1) is 36.7 Å². The highest BCUT2D eigenvalue weighted by molar-refractivity contribution is 5.94. The molecule has 5 rings (SSSR count). The second-order valence-corrected chi connectivity index (χ2v) is 9.51. The van der Waals surface area contributed by atoms with Crippen LogP contribution in [-0.2, 0) is 10.9 Å². The first-order chi connectivity index (χ1) is 19.7. The molecule has 3 aromatic rings. The molecule has 2 aromatic heterocycles. The summed E-state index contributed by atoms with van der Waals surface area (Å²) in [6.45, 7) is 2.45. The van der Waals surface area contributed by atoms with Crippen molar-refractivity contribution in [2.45, 2.75) is 12.2 Å². The van der Waals surface area contributed by atoms with Crippen molar-refractivity contribution in [1.82, 2.24) is 20.1 Å². The number of nitrogens with one attached hydrogen (secondary N) is 1. The van der Waals surface area contributed by atoms with E-state index >= 15 is 0 Å². The van der Waals surface area contributed by atoms with E-state index in [-0.39, 0.29) is 38.0 Å². The number of hydrogen-bond acceptors (Lipinski definition) is 9. The van der Waals surface area contributed by atoms with Gasteiger partial charge < -0.3 is 24.2 Å². The van der Waals surface area contributed by atoms with E-state index in [2.05, 4.69) is 10.1 Å². The third-order valence-corrected chi connectivity index (χ3v) is 6.95. The number of piperazine rings is 1. The smallest absolute Gasteiger partial charge is 0.423 e. The lowest BCUT2D eigenvalue weighted by Gasteiger charge is -2.37. The lowest BCUT2D eigenvalue weighted by atomic mass is 10.1. The molecule has 0 saturated carbocycles. The molecule has 11 nitrogen and oxygen atoms in total. The monoisotopic (exact) mass is 569 g/mol. The van der Waals surface area contributed by atoms with Gasteiger partial charge in [0.1, 0.15) is 29.8 Å². The maximum absolute atomic E-state index is 13.7. The van der Waals surface area contributed by atoms with Gasteiger partial charge in [0.2, 0.25) is 0 Å². The lowest BCUT2D eigenvalue weighted by Crippen LogP contribution is -2.50. The average Bonchev–Trinajstić information content (AvgIpc) is 2.99. The fourth-order valence-corrected chi connectivity index (χ4v) is 4.86. The molecule has 2 aliphatic heterocycles. The molecule has 0 radical (unpaired) electrons. The molecule has 1 N–H and O–H groups in total. The molecule has 2 aliphatic rings. The van der Waals surface area contributed by atoms with E-state index in [1.54, 1.807) is 41.3 Å². The number of alkyl halides is 3. The van der Waals surface area contributed by atoms with Gasteiger partial charge in [-0.2, -0.15) is 23.5 Å². The Hall–Kier alpha value is -4.64. The Balaban J connectivity index is 1.23. The highest BCUT2D eigenvalue weighted by Crippen LogP contribution is 2.34. The van der Waals surface area contributed by atoms with E-state index < -0.39 is 23.3 Å². The van der Waals surface area contributed by atoms with Crippen LogP contribution < -0.4 is 20.1 Å². The van der Waals surface area contributed by atoms with Crippen LogP contribution in [0.15, 0.2) is 53.6 Å². The first-order valence-electron chi connectivity index (χ1n) is 12.9. The van der Waals surface area contributed by atoms with E-state index in [0.717, 1.165) is 12.0 Å². The van der Waals surface area contributed by atoms with Crippen molar-refractivity contribution in [2.24, 2.45) is 0 Å². The fourth-order valence-electron chi connectivity index (χ4n) is 4.86. The van der Waals surface area contributed by atoms with Gasteiger partial charge >= 0.3 is 6.18 Å². The predicted molar refractivity (Wildman–Crippen MR) is 141 cm³/mol. The third-order valence-electron chi connectivity index (χ3n) is 6.95. The first kappa shape index (κ1) is 27.9. The summed E-state index contributed by atoms with van der Waals surface area (Å²) in [5.74, 6) is 0.947. The Labute approximate surface area is 232 Å². The number of anilines is 2. The normalized spacial score (nSPS) is 17.7. The van der Waals surface area contributed by atoms with Crippen LogP contribution in [0.1, 0.15) is 21.5 Å². The van der Waals surface area contributed by atoms with E-state index in [4.69, 9.17) is 14.7 Å². The van der Waals surface area contributed by atoms with Crippen LogP contribution in [0.3, 0.4) is 0 Å². The summed E-state index contributed by atoms with van der Waals surface area (Å²) in [5.41, 5.74) is -2.07. The number of carbonyl (C=O) groups is 1. The Kier molecular flexibility index (Phi) is 8.06. The van der Waals surface area contributed by atoms with Gasteiger partial charge in [0.15, 0.2) is 0 Å². The molecule has 0 aliphatic carbocycles. The summed E-state index contributed by atoms with van der Waals surface area (Å²) in [6, 6.07) is 11.5. The highest BCUT2D eigenvalue weighted by atomic mass is 19.4. The van der Waals surface area contributed by atoms with Crippen LogP contribution in [0, 0.1) is 11.3 Å². The van der Waals surface area contributed by atoms with Gasteiger partial charge in [0, 0.05) is 44.5 Å². The molecule has 0 spiro atoms. The number of H-pyrrole nitrogens is 1. The van der Waals surface area contributed by atoms with E-state index in [1.165, 1.54) is 11.1 Å². The maximum atomic E-state index is 13.7. The van der Waals surface area contributed by atoms with E-state index in [1.807, 2.05) is 16.1 Å². The number of nitrogens with zero attached hydrogens (tertiary/aromatic N) is 6. The summed E-state index contributed by atoms with van der Waals surface area (Å²) in [6.07, 6.45) is -2.37. The molecule has 41 heavy (non-hydrogen) atoms. The van der Waals surface area contributed by atoms with Crippen LogP contribution in [0.25, 0.3) is 0 Å². The van der Waals surface area contributed by atoms with Crippen molar-refractivity contribution in [3.63, 3.8) is 0 Å². The summed E-state index contributed by atoms with van der Waals surface area (Å²) in [7, 11) is 0. The number of amides is 1. The quantitative estimate of drug-likeness (QED) is 0.476. The Morgan fingerprint density at radius 2 is 1.95 bits per heavy atom. The standard InChI is InChI=1S/C27H26F3N7O4/c28-27(29,30)24-22(15-33-34-25(24)38)37-10-11-40-16-20(37)17-41-21-3-1-2-19(12-21)26(39)36-8-6-35(7-9-36)23-5-4-18(13-31)14-32-23/h1-5,12,14-15,20H,6-11,16-17H2,(H,34,38). The molecule has 1 amide bonds. The zero-order valence-corrected chi connectivity index (χ0v) is 21.8. The molecule has 1 aromatic carbocycles. The minimum absolute atomic E-state index is 0.0436. The molecule has 214 valence electrons. The SMILES string of the molecule is N#Cc1ccc(N2CCN(C(=O)c3cccc(OCC4COCCN4c4cn[nH]c(=O)c4C(F)(F)F)c3)CC2)nc1. The second kappa shape index (κ2) is 11.8. The number of hydrogen-bond donors (Lipinski definition) is 1. The van der Waals surface area contributed by atoms with Gasteiger partial charge in [-0.1, -0.05) is 6.07 Å². The molecule has 4 heterocycles. The number of nitriles is 1. The largest absolute Gasteiger partial charge is 0.491 e. The minimum Gasteiger partial charge on any atom is -0.491 e. The van der Waals surface area contributed by atoms with Crippen molar-refractivity contribution in [3.8, 4) is 11.8 Å².